The van der Waals surface area contributed by atoms with Crippen LogP contribution in [0.2, 0.25) is 0 Å². The van der Waals surface area contributed by atoms with E-state index in [9.17, 15) is 19.5 Å². The quantitative estimate of drug-likeness (QED) is 0.368. The number of carbonyl (C=O) groups is 3. The van der Waals surface area contributed by atoms with Crippen LogP contribution in [0.15, 0.2) is 0 Å². The molecule has 126 valence electrons. The van der Waals surface area contributed by atoms with E-state index in [4.69, 9.17) is 18.9 Å². The van der Waals surface area contributed by atoms with Crippen LogP contribution in [0, 0.1) is 0 Å². The van der Waals surface area contributed by atoms with Crippen LogP contribution < -0.4 is 0 Å². The lowest BCUT2D eigenvalue weighted by molar-refractivity contribution is -0.311. The van der Waals surface area contributed by atoms with Gasteiger partial charge in [0.15, 0.2) is 29.9 Å². The number of ketones is 1. The van der Waals surface area contributed by atoms with Crippen molar-refractivity contribution in [2.75, 3.05) is 11.5 Å². The van der Waals surface area contributed by atoms with E-state index < -0.39 is 47.9 Å². The summed E-state index contributed by atoms with van der Waals surface area (Å²) >= 11 is 1.93. The fourth-order valence-corrected chi connectivity index (χ4v) is 3.21. The lowest BCUT2D eigenvalue weighted by Crippen LogP contribution is -2.71. The smallest absolute Gasteiger partial charge is 0.303 e. The van der Waals surface area contributed by atoms with Gasteiger partial charge in [-0.3, -0.25) is 14.4 Å². The SMILES string of the molecule is CO[C@@H]1O[C@H](CI)[C@](O)(C(C)=O)[C@H](OC(C)=O)[C@H]1OC(C)=O. The molecule has 8 nitrogen and oxygen atoms in total. The van der Waals surface area contributed by atoms with Gasteiger partial charge in [-0.2, -0.15) is 0 Å². The number of aliphatic hydroxyl groups is 1. The van der Waals surface area contributed by atoms with E-state index in [0.717, 1.165) is 20.8 Å². The molecule has 1 saturated heterocycles. The predicted molar refractivity (Wildman–Crippen MR) is 81.3 cm³/mol. The third kappa shape index (κ3) is 3.76. The Hall–Kier alpha value is -0.780. The van der Waals surface area contributed by atoms with Gasteiger partial charge in [-0.1, -0.05) is 22.6 Å². The van der Waals surface area contributed by atoms with Gasteiger partial charge >= 0.3 is 11.9 Å². The van der Waals surface area contributed by atoms with Crippen molar-refractivity contribution >= 4 is 40.3 Å². The first-order valence-corrected chi connectivity index (χ1v) is 8.03. The minimum atomic E-state index is -2.14. The molecular weight excluding hydrogens is 411 g/mol. The normalized spacial score (nSPS) is 34.8. The van der Waals surface area contributed by atoms with Gasteiger partial charge in [0.05, 0.1) is 0 Å². The summed E-state index contributed by atoms with van der Waals surface area (Å²) in [4.78, 5) is 34.7. The molecule has 1 rings (SSSR count). The molecule has 0 aromatic heterocycles. The summed E-state index contributed by atoms with van der Waals surface area (Å²) < 4.78 is 21.0. The molecule has 0 spiro atoms. The first-order valence-electron chi connectivity index (χ1n) is 6.50. The molecular formula is C13H19IO8. The number of rotatable bonds is 5. The second-order valence-electron chi connectivity index (χ2n) is 4.87. The minimum Gasteiger partial charge on any atom is -0.455 e. The number of hydrogen-bond donors (Lipinski definition) is 1. The molecule has 0 aromatic rings. The molecule has 0 bridgehead atoms. The molecule has 0 unspecified atom stereocenters. The van der Waals surface area contributed by atoms with Crippen molar-refractivity contribution in [2.24, 2.45) is 0 Å². The third-order valence-corrected chi connectivity index (χ3v) is 4.12. The fraction of sp³-hybridized carbons (Fsp3) is 0.769. The van der Waals surface area contributed by atoms with Gasteiger partial charge in [-0.15, -0.1) is 0 Å². The standard InChI is InChI=1S/C13H19IO8/c1-6(15)13(18)9(5-14)22-12(19-4)10(20-7(2)16)11(13)21-8(3)17/h9-12,18H,5H2,1-4H3/t9-,10-,11-,12-,13-/m1/s1. The van der Waals surface area contributed by atoms with Gasteiger partial charge < -0.3 is 24.1 Å². The van der Waals surface area contributed by atoms with Crippen molar-refractivity contribution in [1.82, 2.24) is 0 Å². The lowest BCUT2D eigenvalue weighted by Gasteiger charge is -2.48. The molecule has 1 fully saturated rings. The molecule has 1 aliphatic rings. The largest absolute Gasteiger partial charge is 0.455 e. The molecule has 5 atom stereocenters. The number of halogens is 1. The monoisotopic (exact) mass is 430 g/mol. The van der Waals surface area contributed by atoms with Crippen LogP contribution in [0.3, 0.4) is 0 Å². The highest BCUT2D eigenvalue weighted by atomic mass is 127. The number of esters is 2. The van der Waals surface area contributed by atoms with E-state index in [0.29, 0.717) is 0 Å². The Morgan fingerprint density at radius 2 is 1.73 bits per heavy atom. The zero-order chi connectivity index (χ0) is 17.1. The summed E-state index contributed by atoms with van der Waals surface area (Å²) in [5.41, 5.74) is -2.14. The average Bonchev–Trinajstić information content (AvgIpc) is 2.42. The highest BCUT2D eigenvalue weighted by Gasteiger charge is 2.61. The van der Waals surface area contributed by atoms with Crippen molar-refractivity contribution < 1.29 is 38.4 Å². The van der Waals surface area contributed by atoms with Crippen LogP contribution in [0.25, 0.3) is 0 Å². The van der Waals surface area contributed by atoms with Gasteiger partial charge in [-0.25, -0.2) is 0 Å². The Balaban J connectivity index is 3.34. The second-order valence-corrected chi connectivity index (χ2v) is 5.75. The first kappa shape index (κ1) is 19.3. The summed E-state index contributed by atoms with van der Waals surface area (Å²) in [5, 5.41) is 10.8. The Kier molecular flexibility index (Phi) is 6.71. The van der Waals surface area contributed by atoms with Crippen molar-refractivity contribution in [2.45, 2.75) is 51.0 Å². The maximum Gasteiger partial charge on any atom is 0.303 e. The van der Waals surface area contributed by atoms with Crippen LogP contribution in [0.1, 0.15) is 20.8 Å². The average molecular weight is 430 g/mol. The van der Waals surface area contributed by atoms with Gasteiger partial charge in [0, 0.05) is 25.4 Å². The summed E-state index contributed by atoms with van der Waals surface area (Å²) in [6.07, 6.45) is -4.75. The van der Waals surface area contributed by atoms with Crippen molar-refractivity contribution in [3.05, 3.63) is 0 Å². The Morgan fingerprint density at radius 3 is 2.09 bits per heavy atom. The number of hydrogen-bond acceptors (Lipinski definition) is 8. The van der Waals surface area contributed by atoms with Gasteiger partial charge in [0.25, 0.3) is 0 Å². The van der Waals surface area contributed by atoms with E-state index in [2.05, 4.69) is 0 Å². The molecule has 0 saturated carbocycles. The van der Waals surface area contributed by atoms with E-state index in [-0.39, 0.29) is 4.43 Å². The fourth-order valence-electron chi connectivity index (χ4n) is 2.33. The molecule has 0 radical (unpaired) electrons. The molecule has 9 heteroatoms. The zero-order valence-electron chi connectivity index (χ0n) is 12.7. The zero-order valence-corrected chi connectivity index (χ0v) is 14.9. The van der Waals surface area contributed by atoms with Crippen molar-refractivity contribution in [3.8, 4) is 0 Å². The number of carbonyl (C=O) groups excluding carboxylic acids is 3. The van der Waals surface area contributed by atoms with Crippen LogP contribution in [-0.4, -0.2) is 64.6 Å². The summed E-state index contributed by atoms with van der Waals surface area (Å²) in [6.45, 7) is 3.42. The van der Waals surface area contributed by atoms with E-state index in [1.54, 1.807) is 0 Å². The number of ether oxygens (including phenoxy) is 4. The van der Waals surface area contributed by atoms with Crippen LogP contribution in [0.4, 0.5) is 0 Å². The summed E-state index contributed by atoms with van der Waals surface area (Å²) in [5.74, 6) is -2.08. The molecule has 22 heavy (non-hydrogen) atoms. The number of methoxy groups -OCH3 is 1. The van der Waals surface area contributed by atoms with Crippen LogP contribution >= 0.6 is 22.6 Å². The molecule has 0 aliphatic carbocycles. The predicted octanol–water partition coefficient (Wildman–Crippen LogP) is -0.0238. The molecule has 0 amide bonds. The number of Topliss-reactive ketones (excluding diaryl/α,β-unsaturated/α-hetero) is 1. The molecule has 1 aliphatic heterocycles. The lowest BCUT2D eigenvalue weighted by atomic mass is 9.81. The van der Waals surface area contributed by atoms with Crippen LogP contribution in [0.5, 0.6) is 0 Å². The Labute approximate surface area is 141 Å². The van der Waals surface area contributed by atoms with Crippen molar-refractivity contribution in [1.29, 1.82) is 0 Å². The molecule has 1 heterocycles. The maximum absolute atomic E-state index is 12.0. The Bertz CT molecular complexity index is 453. The topological polar surface area (TPSA) is 108 Å². The minimum absolute atomic E-state index is 0.234. The molecule has 1 N–H and O–H groups in total. The summed E-state index contributed by atoms with van der Waals surface area (Å²) in [6, 6.07) is 0. The van der Waals surface area contributed by atoms with Gasteiger partial charge in [-0.05, 0) is 6.92 Å². The number of alkyl halides is 1. The molecule has 0 aromatic carbocycles. The first-order chi connectivity index (χ1) is 10.2. The van der Waals surface area contributed by atoms with Gasteiger partial charge in [0.1, 0.15) is 6.10 Å². The van der Waals surface area contributed by atoms with Gasteiger partial charge in [0.2, 0.25) is 0 Å². The second kappa shape index (κ2) is 7.66. The Morgan fingerprint density at radius 1 is 1.18 bits per heavy atom. The van der Waals surface area contributed by atoms with E-state index in [1.807, 2.05) is 22.6 Å². The summed E-state index contributed by atoms with van der Waals surface area (Å²) in [7, 11) is 1.31. The maximum atomic E-state index is 12.0. The van der Waals surface area contributed by atoms with E-state index in [1.165, 1.54) is 7.11 Å². The highest BCUT2D eigenvalue weighted by Crippen LogP contribution is 2.36. The third-order valence-electron chi connectivity index (χ3n) is 3.32. The van der Waals surface area contributed by atoms with Crippen LogP contribution in [-0.2, 0) is 33.3 Å². The highest BCUT2D eigenvalue weighted by molar-refractivity contribution is 14.1. The van der Waals surface area contributed by atoms with Crippen molar-refractivity contribution in [3.63, 3.8) is 0 Å². The van der Waals surface area contributed by atoms with E-state index >= 15 is 0 Å².